The molecule has 8 heteroatoms. The van der Waals surface area contributed by atoms with Gasteiger partial charge in [-0.1, -0.05) is 42.5 Å². The van der Waals surface area contributed by atoms with Crippen molar-refractivity contribution < 1.29 is 17.9 Å². The molecule has 150 valence electrons. The number of carbonyl (C=O) groups is 1. The van der Waals surface area contributed by atoms with Gasteiger partial charge in [-0.05, 0) is 17.7 Å². The van der Waals surface area contributed by atoms with Gasteiger partial charge in [0.2, 0.25) is 15.9 Å². The first kappa shape index (κ1) is 20.3. The maximum Gasteiger partial charge on any atom is 0.238 e. The van der Waals surface area contributed by atoms with Crippen LogP contribution >= 0.6 is 0 Å². The van der Waals surface area contributed by atoms with Crippen LogP contribution in [0.3, 0.4) is 0 Å². The number of nitrogens with zero attached hydrogens (tertiary/aromatic N) is 2. The van der Waals surface area contributed by atoms with E-state index in [2.05, 4.69) is 5.32 Å². The fraction of sp³-hybridized carbons (Fsp3) is 0.350. The molecule has 1 N–H and O–H groups in total. The molecule has 28 heavy (non-hydrogen) atoms. The summed E-state index contributed by atoms with van der Waals surface area (Å²) in [7, 11) is -1.80. The predicted octanol–water partition coefficient (Wildman–Crippen LogP) is 1.78. The molecule has 1 aliphatic heterocycles. The summed E-state index contributed by atoms with van der Waals surface area (Å²) >= 11 is 0. The first-order valence-electron chi connectivity index (χ1n) is 9.15. The second kappa shape index (κ2) is 9.18. The fourth-order valence-corrected chi connectivity index (χ4v) is 4.70. The van der Waals surface area contributed by atoms with Crippen LogP contribution in [0.25, 0.3) is 0 Å². The van der Waals surface area contributed by atoms with E-state index in [1.165, 1.54) is 4.31 Å². The molecular formula is C20H25N3O4S. The number of hydrogen-bond donors (Lipinski definition) is 1. The van der Waals surface area contributed by atoms with Gasteiger partial charge < -0.3 is 10.1 Å². The third-order valence-electron chi connectivity index (χ3n) is 4.66. The molecule has 1 saturated heterocycles. The van der Waals surface area contributed by atoms with Crippen molar-refractivity contribution in [3.63, 3.8) is 0 Å². The topological polar surface area (TPSA) is 79.0 Å². The molecule has 0 radical (unpaired) electrons. The molecule has 0 atom stereocenters. The van der Waals surface area contributed by atoms with Crippen molar-refractivity contribution >= 4 is 21.6 Å². The molecule has 1 aliphatic rings. The van der Waals surface area contributed by atoms with Crippen molar-refractivity contribution in [2.75, 3.05) is 45.2 Å². The van der Waals surface area contributed by atoms with E-state index in [0.29, 0.717) is 37.6 Å². The Hall–Kier alpha value is -2.42. The molecule has 7 nitrogen and oxygen atoms in total. The second-order valence-electron chi connectivity index (χ2n) is 6.67. The molecule has 1 fully saturated rings. The zero-order valence-corrected chi connectivity index (χ0v) is 16.7. The SMILES string of the molecule is COc1ccccc1NC(=O)CN1CCN(S(=O)(=O)Cc2ccccc2)CC1. The number of sulfonamides is 1. The average molecular weight is 404 g/mol. The maximum absolute atomic E-state index is 12.6. The molecule has 2 aromatic carbocycles. The van der Waals surface area contributed by atoms with E-state index in [1.807, 2.05) is 47.4 Å². The lowest BCUT2D eigenvalue weighted by atomic mass is 10.2. The highest BCUT2D eigenvalue weighted by atomic mass is 32.2. The largest absolute Gasteiger partial charge is 0.495 e. The van der Waals surface area contributed by atoms with Gasteiger partial charge in [0.25, 0.3) is 0 Å². The Bertz CT molecular complexity index is 895. The second-order valence-corrected chi connectivity index (χ2v) is 8.63. The molecule has 1 heterocycles. The maximum atomic E-state index is 12.6. The minimum Gasteiger partial charge on any atom is -0.495 e. The minimum absolute atomic E-state index is 0.00211. The smallest absolute Gasteiger partial charge is 0.238 e. The zero-order valence-electron chi connectivity index (χ0n) is 15.9. The summed E-state index contributed by atoms with van der Waals surface area (Å²) < 4.78 is 32.0. The Morgan fingerprint density at radius 3 is 2.32 bits per heavy atom. The van der Waals surface area contributed by atoms with Gasteiger partial charge in [-0.25, -0.2) is 8.42 Å². The summed E-state index contributed by atoms with van der Waals surface area (Å²) in [6.07, 6.45) is 0. The van der Waals surface area contributed by atoms with E-state index in [-0.39, 0.29) is 18.2 Å². The number of benzene rings is 2. The molecular weight excluding hydrogens is 378 g/mol. The number of rotatable bonds is 7. The third-order valence-corrected chi connectivity index (χ3v) is 6.51. The van der Waals surface area contributed by atoms with Gasteiger partial charge in [0.05, 0.1) is 25.1 Å². The van der Waals surface area contributed by atoms with Crippen LogP contribution in [0.4, 0.5) is 5.69 Å². The summed E-state index contributed by atoms with van der Waals surface area (Å²) in [4.78, 5) is 14.3. The first-order chi connectivity index (χ1) is 13.5. The molecule has 3 rings (SSSR count). The van der Waals surface area contributed by atoms with Crippen LogP contribution in [-0.2, 0) is 20.6 Å². The Morgan fingerprint density at radius 2 is 1.64 bits per heavy atom. The highest BCUT2D eigenvalue weighted by molar-refractivity contribution is 7.88. The molecule has 0 saturated carbocycles. The highest BCUT2D eigenvalue weighted by Gasteiger charge is 2.27. The van der Waals surface area contributed by atoms with Crippen LogP contribution in [0, 0.1) is 0 Å². The van der Waals surface area contributed by atoms with Crippen molar-refractivity contribution in [1.29, 1.82) is 0 Å². The van der Waals surface area contributed by atoms with Gasteiger partial charge in [0.1, 0.15) is 5.75 Å². The van der Waals surface area contributed by atoms with Crippen molar-refractivity contribution in [3.05, 3.63) is 60.2 Å². The first-order valence-corrected chi connectivity index (χ1v) is 10.8. The lowest BCUT2D eigenvalue weighted by Crippen LogP contribution is -2.50. The summed E-state index contributed by atoms with van der Waals surface area (Å²) in [6.45, 7) is 2.03. The van der Waals surface area contributed by atoms with Crippen molar-refractivity contribution in [1.82, 2.24) is 9.21 Å². The Labute approximate surface area is 166 Å². The number of nitrogens with one attached hydrogen (secondary N) is 1. The van der Waals surface area contributed by atoms with Gasteiger partial charge in [-0.3, -0.25) is 9.69 Å². The molecule has 2 aromatic rings. The van der Waals surface area contributed by atoms with E-state index >= 15 is 0 Å². The number of methoxy groups -OCH3 is 1. The number of para-hydroxylation sites is 2. The summed E-state index contributed by atoms with van der Waals surface area (Å²) in [5, 5.41) is 2.85. The predicted molar refractivity (Wildman–Crippen MR) is 109 cm³/mol. The quantitative estimate of drug-likeness (QED) is 0.762. The fourth-order valence-electron chi connectivity index (χ4n) is 3.18. The molecule has 0 aromatic heterocycles. The summed E-state index contributed by atoms with van der Waals surface area (Å²) in [5.74, 6) is 0.458. The van der Waals surface area contributed by atoms with Crippen LogP contribution in [0.1, 0.15) is 5.56 Å². The lowest BCUT2D eigenvalue weighted by Gasteiger charge is -2.33. The van der Waals surface area contributed by atoms with Crippen LogP contribution in [-0.4, -0.2) is 63.4 Å². The number of piperazine rings is 1. The molecule has 0 aliphatic carbocycles. The monoisotopic (exact) mass is 403 g/mol. The number of hydrogen-bond acceptors (Lipinski definition) is 5. The van der Waals surface area contributed by atoms with Gasteiger partial charge in [-0.15, -0.1) is 0 Å². The average Bonchev–Trinajstić information content (AvgIpc) is 2.69. The Morgan fingerprint density at radius 1 is 1.00 bits per heavy atom. The Kier molecular flexibility index (Phi) is 6.66. The molecule has 1 amide bonds. The van der Waals surface area contributed by atoms with E-state index in [1.54, 1.807) is 19.2 Å². The van der Waals surface area contributed by atoms with Crippen LogP contribution < -0.4 is 10.1 Å². The lowest BCUT2D eigenvalue weighted by molar-refractivity contribution is -0.117. The van der Waals surface area contributed by atoms with Crippen LogP contribution in [0.15, 0.2) is 54.6 Å². The summed E-state index contributed by atoms with van der Waals surface area (Å²) in [5.41, 5.74) is 1.40. The molecule has 0 spiro atoms. The van der Waals surface area contributed by atoms with Crippen molar-refractivity contribution in [2.45, 2.75) is 5.75 Å². The highest BCUT2D eigenvalue weighted by Crippen LogP contribution is 2.23. The minimum atomic E-state index is -3.36. The third kappa shape index (κ3) is 5.31. The van der Waals surface area contributed by atoms with Gasteiger partial charge in [0.15, 0.2) is 0 Å². The summed E-state index contributed by atoms with van der Waals surface area (Å²) in [6, 6.07) is 16.4. The van der Waals surface area contributed by atoms with Crippen molar-refractivity contribution in [3.8, 4) is 5.75 Å². The number of ether oxygens (including phenoxy) is 1. The van der Waals surface area contributed by atoms with E-state index in [0.717, 1.165) is 5.56 Å². The van der Waals surface area contributed by atoms with Crippen LogP contribution in [0.2, 0.25) is 0 Å². The van der Waals surface area contributed by atoms with Crippen LogP contribution in [0.5, 0.6) is 5.75 Å². The van der Waals surface area contributed by atoms with E-state index in [4.69, 9.17) is 4.74 Å². The standard InChI is InChI=1S/C20H25N3O4S/c1-27-19-10-6-5-9-18(19)21-20(24)15-22-11-13-23(14-12-22)28(25,26)16-17-7-3-2-4-8-17/h2-10H,11-16H2,1H3,(H,21,24). The van der Waals surface area contributed by atoms with Gasteiger partial charge in [0, 0.05) is 26.2 Å². The molecule has 0 bridgehead atoms. The van der Waals surface area contributed by atoms with Gasteiger partial charge in [-0.2, -0.15) is 4.31 Å². The van der Waals surface area contributed by atoms with E-state index < -0.39 is 10.0 Å². The van der Waals surface area contributed by atoms with E-state index in [9.17, 15) is 13.2 Å². The Balaban J connectivity index is 1.50. The molecule has 0 unspecified atom stereocenters. The van der Waals surface area contributed by atoms with Gasteiger partial charge >= 0.3 is 0 Å². The zero-order chi connectivity index (χ0) is 20.0. The number of anilines is 1. The van der Waals surface area contributed by atoms with Crippen molar-refractivity contribution in [2.24, 2.45) is 0 Å². The number of carbonyl (C=O) groups excluding carboxylic acids is 1. The normalized spacial score (nSPS) is 15.9. The number of amides is 1.